The first-order valence-corrected chi connectivity index (χ1v) is 7.20. The smallest absolute Gasteiger partial charge is 0.273 e. The summed E-state index contributed by atoms with van der Waals surface area (Å²) >= 11 is 0. The van der Waals surface area contributed by atoms with E-state index in [-0.39, 0.29) is 11.3 Å². The third-order valence-corrected chi connectivity index (χ3v) is 3.31. The van der Waals surface area contributed by atoms with Gasteiger partial charge in [0.2, 0.25) is 5.75 Å². The van der Waals surface area contributed by atoms with E-state index in [1.807, 2.05) is 0 Å². The van der Waals surface area contributed by atoms with E-state index in [0.717, 1.165) is 0 Å². The van der Waals surface area contributed by atoms with Crippen LogP contribution in [-0.2, 0) is 0 Å². The Balaban J connectivity index is 2.19. The van der Waals surface area contributed by atoms with Crippen molar-refractivity contribution in [2.45, 2.75) is 0 Å². The number of hydrazone groups is 1. The molecule has 0 saturated carbocycles. The largest absolute Gasteiger partial charge is 0.493 e. The van der Waals surface area contributed by atoms with Gasteiger partial charge in [-0.05, 0) is 29.4 Å². The Morgan fingerprint density at radius 3 is 2.24 bits per heavy atom. The molecule has 0 aliphatic carbocycles. The van der Waals surface area contributed by atoms with Crippen molar-refractivity contribution in [3.05, 3.63) is 52.4 Å². The van der Waals surface area contributed by atoms with Crippen LogP contribution in [0.2, 0.25) is 0 Å². The second-order valence-electron chi connectivity index (χ2n) is 4.77. The monoisotopic (exact) mass is 343 g/mol. The molecule has 2 aromatic rings. The van der Waals surface area contributed by atoms with Crippen LogP contribution in [0.25, 0.3) is 0 Å². The predicted octanol–water partition coefficient (Wildman–Crippen LogP) is 2.87. The zero-order chi connectivity index (χ0) is 18.2. The van der Waals surface area contributed by atoms with Crippen LogP contribution >= 0.6 is 0 Å². The lowest BCUT2D eigenvalue weighted by Crippen LogP contribution is -2.17. The van der Waals surface area contributed by atoms with Crippen molar-refractivity contribution in [2.75, 3.05) is 21.3 Å². The average Bonchev–Trinajstić information content (AvgIpc) is 2.66. The second-order valence-corrected chi connectivity index (χ2v) is 4.77. The maximum absolute atomic E-state index is 12.1. The molecule has 0 unspecified atom stereocenters. The second kappa shape index (κ2) is 8.44. The molecule has 0 radical (unpaired) electrons. The topological polar surface area (TPSA) is 98.6 Å². The highest BCUT2D eigenvalue weighted by Crippen LogP contribution is 2.37. The van der Waals surface area contributed by atoms with Gasteiger partial charge in [0.15, 0.2) is 11.5 Å². The average molecular weight is 343 g/mol. The molecule has 0 fully saturated rings. The maximum atomic E-state index is 12.1. The van der Waals surface area contributed by atoms with Gasteiger partial charge in [-0.15, -0.1) is 4.91 Å². The van der Waals surface area contributed by atoms with Crippen LogP contribution in [0.15, 0.2) is 46.7 Å². The zero-order valence-corrected chi connectivity index (χ0v) is 14.0. The van der Waals surface area contributed by atoms with Crippen molar-refractivity contribution >= 4 is 17.8 Å². The van der Waals surface area contributed by atoms with Crippen molar-refractivity contribution < 1.29 is 19.0 Å². The molecule has 2 rings (SSSR count). The molecule has 0 atom stereocenters. The van der Waals surface area contributed by atoms with Gasteiger partial charge >= 0.3 is 0 Å². The third-order valence-electron chi connectivity index (χ3n) is 3.31. The van der Waals surface area contributed by atoms with Gasteiger partial charge < -0.3 is 14.2 Å². The first-order chi connectivity index (χ1) is 12.1. The number of carbonyl (C=O) groups excluding carboxylic acids is 1. The third kappa shape index (κ3) is 4.11. The fraction of sp³-hybridized carbons (Fsp3) is 0.176. The van der Waals surface area contributed by atoms with Gasteiger partial charge in [0.1, 0.15) is 5.69 Å². The Bertz CT molecular complexity index is 780. The van der Waals surface area contributed by atoms with E-state index >= 15 is 0 Å². The minimum Gasteiger partial charge on any atom is -0.493 e. The van der Waals surface area contributed by atoms with Crippen LogP contribution < -0.4 is 19.6 Å². The minimum atomic E-state index is -0.543. The summed E-state index contributed by atoms with van der Waals surface area (Å²) in [6.07, 6.45) is 1.42. The molecule has 1 N–H and O–H groups in total. The number of nitrogens with one attached hydrogen (secondary N) is 1. The lowest BCUT2D eigenvalue weighted by Gasteiger charge is -2.12. The molecule has 8 nitrogen and oxygen atoms in total. The summed E-state index contributed by atoms with van der Waals surface area (Å²) in [5.41, 5.74) is 3.15. The lowest BCUT2D eigenvalue weighted by molar-refractivity contribution is 0.0956. The van der Waals surface area contributed by atoms with Gasteiger partial charge in [-0.25, -0.2) is 5.43 Å². The first-order valence-electron chi connectivity index (χ1n) is 7.20. The van der Waals surface area contributed by atoms with E-state index in [0.29, 0.717) is 22.8 Å². The van der Waals surface area contributed by atoms with E-state index in [2.05, 4.69) is 15.7 Å². The molecule has 0 aliphatic heterocycles. The van der Waals surface area contributed by atoms with Crippen LogP contribution in [0, 0.1) is 4.91 Å². The van der Waals surface area contributed by atoms with Gasteiger partial charge in [-0.2, -0.15) is 5.10 Å². The van der Waals surface area contributed by atoms with Gasteiger partial charge in [0, 0.05) is 5.56 Å². The van der Waals surface area contributed by atoms with E-state index in [1.54, 1.807) is 24.3 Å². The maximum Gasteiger partial charge on any atom is 0.273 e. The molecule has 0 bridgehead atoms. The summed E-state index contributed by atoms with van der Waals surface area (Å²) in [5, 5.41) is 6.69. The highest BCUT2D eigenvalue weighted by Gasteiger charge is 2.13. The molecule has 0 aromatic heterocycles. The number of hydrogen-bond acceptors (Lipinski definition) is 7. The molecule has 0 heterocycles. The number of nitroso groups, excluding NO2 is 1. The molecule has 0 spiro atoms. The molecular weight excluding hydrogens is 326 g/mol. The Morgan fingerprint density at radius 1 is 1.04 bits per heavy atom. The number of carbonyl (C=O) groups is 1. The summed E-state index contributed by atoms with van der Waals surface area (Å²) in [6, 6.07) is 9.54. The quantitative estimate of drug-likeness (QED) is 0.473. The van der Waals surface area contributed by atoms with Crippen LogP contribution in [0.1, 0.15) is 15.9 Å². The Kier molecular flexibility index (Phi) is 6.05. The van der Waals surface area contributed by atoms with Crippen molar-refractivity contribution in [3.63, 3.8) is 0 Å². The highest BCUT2D eigenvalue weighted by atomic mass is 16.5. The zero-order valence-electron chi connectivity index (χ0n) is 14.0. The SMILES string of the molecule is COc1cc(/C=N/NC(=O)c2ccccc2N=O)cc(OC)c1OC. The van der Waals surface area contributed by atoms with E-state index in [9.17, 15) is 9.70 Å². The number of methoxy groups -OCH3 is 3. The summed E-state index contributed by atoms with van der Waals surface area (Å²) in [7, 11) is 4.51. The van der Waals surface area contributed by atoms with Gasteiger partial charge in [-0.1, -0.05) is 12.1 Å². The van der Waals surface area contributed by atoms with E-state index < -0.39 is 5.91 Å². The number of hydrogen-bond donors (Lipinski definition) is 1. The molecule has 25 heavy (non-hydrogen) atoms. The predicted molar refractivity (Wildman–Crippen MR) is 93.1 cm³/mol. The number of ether oxygens (including phenoxy) is 3. The molecular formula is C17H17N3O5. The molecule has 130 valence electrons. The summed E-state index contributed by atoms with van der Waals surface area (Å²) in [6.45, 7) is 0. The number of amides is 1. The summed E-state index contributed by atoms with van der Waals surface area (Å²) in [5.74, 6) is 0.839. The van der Waals surface area contributed by atoms with Crippen LogP contribution in [0.4, 0.5) is 5.69 Å². The van der Waals surface area contributed by atoms with Crippen LogP contribution in [-0.4, -0.2) is 33.5 Å². The molecule has 1 amide bonds. The van der Waals surface area contributed by atoms with Crippen molar-refractivity contribution in [1.82, 2.24) is 5.43 Å². The number of nitrogens with zero attached hydrogens (tertiary/aromatic N) is 2. The Labute approximate surface area is 144 Å². The van der Waals surface area contributed by atoms with Crippen molar-refractivity contribution in [1.29, 1.82) is 0 Å². The Hall–Kier alpha value is -3.42. The summed E-state index contributed by atoms with van der Waals surface area (Å²) in [4.78, 5) is 22.8. The molecule has 8 heteroatoms. The summed E-state index contributed by atoms with van der Waals surface area (Å²) < 4.78 is 15.7. The molecule has 2 aromatic carbocycles. The van der Waals surface area contributed by atoms with Crippen LogP contribution in [0.3, 0.4) is 0 Å². The minimum absolute atomic E-state index is 0.0444. The Morgan fingerprint density at radius 2 is 1.68 bits per heavy atom. The van der Waals surface area contributed by atoms with Crippen molar-refractivity contribution in [3.8, 4) is 17.2 Å². The fourth-order valence-electron chi connectivity index (χ4n) is 2.15. The van der Waals surface area contributed by atoms with Crippen molar-refractivity contribution in [2.24, 2.45) is 10.3 Å². The highest BCUT2D eigenvalue weighted by molar-refractivity contribution is 5.99. The van der Waals surface area contributed by atoms with E-state index in [1.165, 1.54) is 39.7 Å². The molecule has 0 aliphatic rings. The van der Waals surface area contributed by atoms with Crippen LogP contribution in [0.5, 0.6) is 17.2 Å². The van der Waals surface area contributed by atoms with Gasteiger partial charge in [0.05, 0.1) is 33.1 Å². The fourth-order valence-corrected chi connectivity index (χ4v) is 2.15. The first kappa shape index (κ1) is 17.9. The normalized spacial score (nSPS) is 10.4. The van der Waals surface area contributed by atoms with Gasteiger partial charge in [-0.3, -0.25) is 4.79 Å². The van der Waals surface area contributed by atoms with E-state index in [4.69, 9.17) is 14.2 Å². The molecule has 0 saturated heterocycles. The standard InChI is InChI=1S/C17H17N3O5/c1-23-14-8-11(9-15(24-2)16(14)25-3)10-18-19-17(21)12-6-4-5-7-13(12)20-22/h4-10H,1-3H3,(H,19,21)/b18-10+. The van der Waals surface area contributed by atoms with Gasteiger partial charge in [0.25, 0.3) is 5.91 Å². The lowest BCUT2D eigenvalue weighted by atomic mass is 10.2. The number of benzene rings is 2. The number of rotatable bonds is 7.